The number of esters is 1. The van der Waals surface area contributed by atoms with Crippen LogP contribution in [0.15, 0.2) is 42.6 Å². The Balaban J connectivity index is 1.48. The number of aromatic nitrogens is 1. The highest BCUT2D eigenvalue weighted by Crippen LogP contribution is 2.41. The van der Waals surface area contributed by atoms with Crippen molar-refractivity contribution in [3.8, 4) is 0 Å². The van der Waals surface area contributed by atoms with Crippen molar-refractivity contribution in [2.45, 2.75) is 50.9 Å². The lowest BCUT2D eigenvalue weighted by Crippen LogP contribution is -2.49. The van der Waals surface area contributed by atoms with Gasteiger partial charge < -0.3 is 14.5 Å². The molecular weight excluding hydrogens is 421 g/mol. The fourth-order valence-electron chi connectivity index (χ4n) is 5.13. The first-order valence-corrected chi connectivity index (χ1v) is 12.0. The summed E-state index contributed by atoms with van der Waals surface area (Å²) < 4.78 is 19.1. The van der Waals surface area contributed by atoms with Crippen LogP contribution in [0.3, 0.4) is 0 Å². The van der Waals surface area contributed by atoms with E-state index in [4.69, 9.17) is 4.74 Å². The molecule has 2 aromatic rings. The summed E-state index contributed by atoms with van der Waals surface area (Å²) in [5, 5.41) is 0. The number of hydrogen-bond donors (Lipinski definition) is 0. The van der Waals surface area contributed by atoms with E-state index in [2.05, 4.69) is 9.88 Å². The number of halogens is 1. The third kappa shape index (κ3) is 5.02. The van der Waals surface area contributed by atoms with Gasteiger partial charge in [-0.05, 0) is 56.0 Å². The summed E-state index contributed by atoms with van der Waals surface area (Å²) in [7, 11) is 0. The number of pyridine rings is 1. The molecule has 4 rings (SSSR count). The van der Waals surface area contributed by atoms with E-state index in [0.29, 0.717) is 31.8 Å². The van der Waals surface area contributed by atoms with Crippen LogP contribution in [0.1, 0.15) is 61.4 Å². The second kappa shape index (κ2) is 10.3. The molecule has 0 spiro atoms. The lowest BCUT2D eigenvalue weighted by Gasteiger charge is -2.40. The van der Waals surface area contributed by atoms with Crippen molar-refractivity contribution >= 4 is 17.7 Å². The van der Waals surface area contributed by atoms with E-state index in [0.717, 1.165) is 56.5 Å². The minimum Gasteiger partial charge on any atom is -0.462 e. The molecule has 1 aliphatic carbocycles. The summed E-state index contributed by atoms with van der Waals surface area (Å²) in [5.41, 5.74) is 0.612. The van der Waals surface area contributed by atoms with E-state index >= 15 is 0 Å². The molecule has 1 aliphatic heterocycles. The Kier molecular flexibility index (Phi) is 7.26. The van der Waals surface area contributed by atoms with Crippen LogP contribution >= 0.6 is 0 Å². The van der Waals surface area contributed by atoms with Gasteiger partial charge in [0, 0.05) is 32.4 Å². The third-order valence-corrected chi connectivity index (χ3v) is 6.86. The second-order valence-electron chi connectivity index (χ2n) is 8.91. The monoisotopic (exact) mass is 453 g/mol. The molecular formula is C26H32FN3O3. The van der Waals surface area contributed by atoms with Crippen molar-refractivity contribution in [3.05, 3.63) is 59.5 Å². The maximum absolute atomic E-state index is 14.1. The Labute approximate surface area is 194 Å². The molecule has 6 nitrogen and oxygen atoms in total. The highest BCUT2D eigenvalue weighted by molar-refractivity contribution is 5.89. The van der Waals surface area contributed by atoms with Gasteiger partial charge in [-0.3, -0.25) is 4.79 Å². The zero-order chi connectivity index (χ0) is 23.3. The summed E-state index contributed by atoms with van der Waals surface area (Å²) in [6.45, 7) is 4.81. The fraction of sp³-hybridized carbons (Fsp3) is 0.500. The molecule has 1 amide bonds. The molecule has 0 unspecified atom stereocenters. The van der Waals surface area contributed by atoms with Crippen LogP contribution in [0.4, 0.5) is 10.2 Å². The molecule has 2 aliphatic rings. The summed E-state index contributed by atoms with van der Waals surface area (Å²) in [6, 6.07) is 10.2. The van der Waals surface area contributed by atoms with Crippen molar-refractivity contribution in [2.75, 3.05) is 37.7 Å². The zero-order valence-corrected chi connectivity index (χ0v) is 19.3. The maximum Gasteiger partial charge on any atom is 0.339 e. The van der Waals surface area contributed by atoms with Gasteiger partial charge in [0.25, 0.3) is 0 Å². The molecule has 1 aromatic heterocycles. The van der Waals surface area contributed by atoms with Crippen molar-refractivity contribution in [3.63, 3.8) is 0 Å². The van der Waals surface area contributed by atoms with Crippen LogP contribution in [-0.2, 0) is 14.9 Å². The summed E-state index contributed by atoms with van der Waals surface area (Å²) in [4.78, 5) is 34.3. The Morgan fingerprint density at radius 1 is 1.03 bits per heavy atom. The van der Waals surface area contributed by atoms with E-state index in [1.54, 1.807) is 31.3 Å². The predicted molar refractivity (Wildman–Crippen MR) is 125 cm³/mol. The normalized spacial score (nSPS) is 18.5. The Hall–Kier alpha value is -2.96. The van der Waals surface area contributed by atoms with Crippen LogP contribution < -0.4 is 4.90 Å². The molecule has 0 atom stereocenters. The third-order valence-electron chi connectivity index (χ3n) is 6.86. The van der Waals surface area contributed by atoms with Gasteiger partial charge in [0.15, 0.2) is 0 Å². The number of carbonyl (C=O) groups is 2. The van der Waals surface area contributed by atoms with Gasteiger partial charge in [0.1, 0.15) is 11.6 Å². The molecule has 176 valence electrons. The summed E-state index contributed by atoms with van der Waals surface area (Å²) >= 11 is 0. The van der Waals surface area contributed by atoms with Crippen molar-refractivity contribution in [2.24, 2.45) is 0 Å². The number of ether oxygens (including phenoxy) is 1. The van der Waals surface area contributed by atoms with Crippen LogP contribution in [0.5, 0.6) is 0 Å². The quantitative estimate of drug-likeness (QED) is 0.631. The van der Waals surface area contributed by atoms with Gasteiger partial charge in [0.05, 0.1) is 17.6 Å². The minimum atomic E-state index is -0.630. The number of amides is 1. The van der Waals surface area contributed by atoms with Gasteiger partial charge in [0.2, 0.25) is 5.91 Å². The largest absolute Gasteiger partial charge is 0.462 e. The first-order chi connectivity index (χ1) is 16.0. The van der Waals surface area contributed by atoms with E-state index < -0.39 is 5.41 Å². The van der Waals surface area contributed by atoms with Crippen LogP contribution in [0.2, 0.25) is 0 Å². The van der Waals surface area contributed by atoms with Gasteiger partial charge in [-0.1, -0.05) is 31.4 Å². The average Bonchev–Trinajstić information content (AvgIpc) is 3.11. The van der Waals surface area contributed by atoms with Crippen LogP contribution in [0, 0.1) is 5.82 Å². The van der Waals surface area contributed by atoms with E-state index in [1.165, 1.54) is 6.07 Å². The average molecular weight is 454 g/mol. The second-order valence-corrected chi connectivity index (χ2v) is 8.91. The van der Waals surface area contributed by atoms with Crippen molar-refractivity contribution in [1.82, 2.24) is 9.88 Å². The maximum atomic E-state index is 14.1. The Bertz CT molecular complexity index is 973. The molecule has 7 heteroatoms. The molecule has 0 radical (unpaired) electrons. The number of anilines is 1. The van der Waals surface area contributed by atoms with Gasteiger partial charge >= 0.3 is 5.97 Å². The SMILES string of the molecule is CCOC(=O)c1ccc(N2CCCN(C(=O)C3(c4cccc(F)c4)CCCCC3)CC2)nc1. The van der Waals surface area contributed by atoms with Gasteiger partial charge in [-0.2, -0.15) is 0 Å². The molecule has 1 saturated heterocycles. The van der Waals surface area contributed by atoms with Crippen molar-refractivity contribution in [1.29, 1.82) is 0 Å². The van der Waals surface area contributed by atoms with Gasteiger partial charge in [-0.15, -0.1) is 0 Å². The topological polar surface area (TPSA) is 62.7 Å². The fourth-order valence-corrected chi connectivity index (χ4v) is 5.13. The van der Waals surface area contributed by atoms with E-state index in [-0.39, 0.29) is 17.7 Å². The van der Waals surface area contributed by atoms with E-state index in [9.17, 15) is 14.0 Å². The van der Waals surface area contributed by atoms with Gasteiger partial charge in [-0.25, -0.2) is 14.2 Å². The number of carbonyl (C=O) groups excluding carboxylic acids is 2. The highest BCUT2D eigenvalue weighted by atomic mass is 19.1. The first kappa shape index (κ1) is 23.2. The molecule has 0 bridgehead atoms. The molecule has 1 saturated carbocycles. The highest BCUT2D eigenvalue weighted by Gasteiger charge is 2.43. The lowest BCUT2D eigenvalue weighted by atomic mass is 9.68. The molecule has 2 fully saturated rings. The molecule has 0 N–H and O–H groups in total. The first-order valence-electron chi connectivity index (χ1n) is 12.0. The van der Waals surface area contributed by atoms with Crippen LogP contribution in [-0.4, -0.2) is 54.5 Å². The lowest BCUT2D eigenvalue weighted by molar-refractivity contribution is -0.138. The minimum absolute atomic E-state index is 0.125. The number of hydrogen-bond acceptors (Lipinski definition) is 5. The van der Waals surface area contributed by atoms with Crippen molar-refractivity contribution < 1.29 is 18.7 Å². The smallest absolute Gasteiger partial charge is 0.339 e. The summed E-state index contributed by atoms with van der Waals surface area (Å²) in [6.07, 6.45) is 7.00. The zero-order valence-electron chi connectivity index (χ0n) is 19.3. The van der Waals surface area contributed by atoms with Crippen LogP contribution in [0.25, 0.3) is 0 Å². The molecule has 2 heterocycles. The number of nitrogens with zero attached hydrogens (tertiary/aromatic N) is 3. The Morgan fingerprint density at radius 3 is 2.55 bits per heavy atom. The standard InChI is InChI=1S/C26H32FN3O3/c1-2-33-24(31)20-10-11-23(28-19-20)29-14-7-15-30(17-16-29)25(32)26(12-4-3-5-13-26)21-8-6-9-22(27)18-21/h6,8-11,18-19H,2-5,7,12-17H2,1H3. The number of benzene rings is 1. The Morgan fingerprint density at radius 2 is 1.85 bits per heavy atom. The summed E-state index contributed by atoms with van der Waals surface area (Å²) in [5.74, 6) is 0.249. The number of rotatable bonds is 5. The molecule has 33 heavy (non-hydrogen) atoms. The van der Waals surface area contributed by atoms with E-state index in [1.807, 2.05) is 17.0 Å². The molecule has 1 aromatic carbocycles. The predicted octanol–water partition coefficient (Wildman–Crippen LogP) is 4.34.